The molecule has 0 saturated carbocycles. The molecule has 0 aliphatic carbocycles. The number of nitrogens with zero attached hydrogens (tertiary/aromatic N) is 3. The molecular formula is C16H12N6O. The lowest BCUT2D eigenvalue weighted by Gasteiger charge is -2.06. The van der Waals surface area contributed by atoms with Gasteiger partial charge in [-0.05, 0) is 24.3 Å². The summed E-state index contributed by atoms with van der Waals surface area (Å²) < 4.78 is 0. The van der Waals surface area contributed by atoms with Crippen LogP contribution in [0.2, 0.25) is 0 Å². The van der Waals surface area contributed by atoms with Gasteiger partial charge in [0.05, 0.1) is 28.7 Å². The van der Waals surface area contributed by atoms with E-state index in [0.717, 1.165) is 22.3 Å². The summed E-state index contributed by atoms with van der Waals surface area (Å²) >= 11 is 0. The fraction of sp³-hybridized carbons (Fsp3) is 0. The molecule has 0 saturated heterocycles. The molecule has 0 unspecified atom stereocenters. The molecule has 1 aromatic carbocycles. The number of pyridine rings is 1. The summed E-state index contributed by atoms with van der Waals surface area (Å²) in [6, 6.07) is 10.9. The maximum atomic E-state index is 11.1. The molecule has 3 heterocycles. The zero-order valence-corrected chi connectivity index (χ0v) is 11.9. The van der Waals surface area contributed by atoms with Crippen molar-refractivity contribution >= 4 is 22.7 Å². The summed E-state index contributed by atoms with van der Waals surface area (Å²) in [5.74, 6) is 0.458. The van der Waals surface area contributed by atoms with Crippen molar-refractivity contribution in [2.24, 2.45) is 0 Å². The highest BCUT2D eigenvalue weighted by molar-refractivity contribution is 5.80. The van der Waals surface area contributed by atoms with Crippen molar-refractivity contribution in [1.82, 2.24) is 24.9 Å². The van der Waals surface area contributed by atoms with Crippen LogP contribution in [0.25, 0.3) is 22.3 Å². The standard InChI is InChI=1S/C16H12N6O/c23-15-4-2-11(8-18-15)21-16-17-6-5-12(22-16)10-1-3-13-14(7-10)20-9-19-13/h1-9H,(H,18,23)(H,19,20)(H,17,21,22). The summed E-state index contributed by atoms with van der Waals surface area (Å²) in [4.78, 5) is 29.7. The third-order valence-corrected chi connectivity index (χ3v) is 3.41. The van der Waals surface area contributed by atoms with Gasteiger partial charge >= 0.3 is 0 Å². The molecule has 4 rings (SSSR count). The number of fused-ring (bicyclic) bond motifs is 1. The van der Waals surface area contributed by atoms with Crippen molar-refractivity contribution in [2.75, 3.05) is 5.32 Å². The first-order valence-electron chi connectivity index (χ1n) is 7.00. The molecule has 7 nitrogen and oxygen atoms in total. The van der Waals surface area contributed by atoms with Crippen LogP contribution >= 0.6 is 0 Å². The monoisotopic (exact) mass is 304 g/mol. The van der Waals surface area contributed by atoms with Crippen molar-refractivity contribution in [3.63, 3.8) is 0 Å². The van der Waals surface area contributed by atoms with E-state index in [9.17, 15) is 4.79 Å². The maximum Gasteiger partial charge on any atom is 0.248 e. The van der Waals surface area contributed by atoms with Crippen LogP contribution in [0.3, 0.4) is 0 Å². The smallest absolute Gasteiger partial charge is 0.248 e. The summed E-state index contributed by atoms with van der Waals surface area (Å²) in [5, 5.41) is 3.06. The largest absolute Gasteiger partial charge is 0.345 e. The lowest BCUT2D eigenvalue weighted by molar-refractivity contribution is 1.16. The van der Waals surface area contributed by atoms with Gasteiger partial charge in [-0.3, -0.25) is 4.79 Å². The third kappa shape index (κ3) is 2.67. The SMILES string of the molecule is O=c1ccc(Nc2nccc(-c3ccc4nc[nH]c4c3)n2)c[nH]1. The highest BCUT2D eigenvalue weighted by Gasteiger charge is 2.05. The Balaban J connectivity index is 1.67. The minimum Gasteiger partial charge on any atom is -0.345 e. The normalized spacial score (nSPS) is 10.8. The lowest BCUT2D eigenvalue weighted by atomic mass is 10.1. The van der Waals surface area contributed by atoms with Gasteiger partial charge in [0.2, 0.25) is 11.5 Å². The number of nitrogens with one attached hydrogen (secondary N) is 3. The van der Waals surface area contributed by atoms with Crippen LogP contribution in [0.1, 0.15) is 0 Å². The Labute approximate surface area is 130 Å². The van der Waals surface area contributed by atoms with Crippen molar-refractivity contribution in [1.29, 1.82) is 0 Å². The van der Waals surface area contributed by atoms with E-state index in [1.807, 2.05) is 24.3 Å². The average Bonchev–Trinajstić information content (AvgIpc) is 3.05. The molecule has 0 spiro atoms. The van der Waals surface area contributed by atoms with Crippen LogP contribution in [0.4, 0.5) is 11.6 Å². The maximum absolute atomic E-state index is 11.1. The second-order valence-electron chi connectivity index (χ2n) is 4.97. The van der Waals surface area contributed by atoms with Crippen molar-refractivity contribution in [3.05, 3.63) is 65.5 Å². The fourth-order valence-electron chi connectivity index (χ4n) is 2.29. The van der Waals surface area contributed by atoms with Gasteiger partial charge in [0.25, 0.3) is 0 Å². The molecule has 3 N–H and O–H groups in total. The van der Waals surface area contributed by atoms with Gasteiger partial charge in [-0.15, -0.1) is 0 Å². The van der Waals surface area contributed by atoms with E-state index in [1.165, 1.54) is 6.07 Å². The topological polar surface area (TPSA) is 99.3 Å². The van der Waals surface area contributed by atoms with Crippen LogP contribution in [-0.2, 0) is 0 Å². The summed E-state index contributed by atoms with van der Waals surface area (Å²) in [6.45, 7) is 0. The molecule has 3 aromatic heterocycles. The Bertz CT molecular complexity index is 1020. The molecule has 0 aliphatic heterocycles. The summed E-state index contributed by atoms with van der Waals surface area (Å²) in [7, 11) is 0. The Morgan fingerprint density at radius 2 is 1.96 bits per heavy atom. The Morgan fingerprint density at radius 3 is 2.83 bits per heavy atom. The average molecular weight is 304 g/mol. The summed E-state index contributed by atoms with van der Waals surface area (Å²) in [6.07, 6.45) is 4.93. The minimum absolute atomic E-state index is 0.155. The predicted molar refractivity (Wildman–Crippen MR) is 87.5 cm³/mol. The number of imidazole rings is 1. The molecule has 4 aromatic rings. The number of aromatic amines is 2. The molecule has 7 heteroatoms. The van der Waals surface area contributed by atoms with E-state index < -0.39 is 0 Å². The molecule has 0 amide bonds. The zero-order chi connectivity index (χ0) is 15.6. The first kappa shape index (κ1) is 13.2. The van der Waals surface area contributed by atoms with E-state index in [0.29, 0.717) is 11.6 Å². The molecule has 0 radical (unpaired) electrons. The van der Waals surface area contributed by atoms with E-state index in [1.54, 1.807) is 24.8 Å². The predicted octanol–water partition coefficient (Wildman–Crippen LogP) is 2.45. The first-order valence-corrected chi connectivity index (χ1v) is 7.00. The number of hydrogen-bond acceptors (Lipinski definition) is 5. The van der Waals surface area contributed by atoms with Crippen LogP contribution in [0.15, 0.2) is 59.9 Å². The quantitative estimate of drug-likeness (QED) is 0.540. The molecular weight excluding hydrogens is 292 g/mol. The second kappa shape index (κ2) is 5.38. The lowest BCUT2D eigenvalue weighted by Crippen LogP contribution is -2.04. The molecule has 0 fully saturated rings. The molecule has 23 heavy (non-hydrogen) atoms. The van der Waals surface area contributed by atoms with Gasteiger partial charge in [0.1, 0.15) is 0 Å². The number of aromatic nitrogens is 5. The van der Waals surface area contributed by atoms with Gasteiger partial charge in [-0.2, -0.15) is 0 Å². The van der Waals surface area contributed by atoms with Crippen LogP contribution in [0.5, 0.6) is 0 Å². The van der Waals surface area contributed by atoms with Crippen molar-refractivity contribution in [3.8, 4) is 11.3 Å². The van der Waals surface area contributed by atoms with E-state index in [4.69, 9.17) is 0 Å². The van der Waals surface area contributed by atoms with E-state index >= 15 is 0 Å². The van der Waals surface area contributed by atoms with Crippen LogP contribution in [0, 0.1) is 0 Å². The van der Waals surface area contributed by atoms with E-state index in [-0.39, 0.29) is 5.56 Å². The van der Waals surface area contributed by atoms with Gasteiger partial charge < -0.3 is 15.3 Å². The highest BCUT2D eigenvalue weighted by Crippen LogP contribution is 2.22. The van der Waals surface area contributed by atoms with Gasteiger partial charge in [-0.1, -0.05) is 6.07 Å². The number of H-pyrrole nitrogens is 2. The summed E-state index contributed by atoms with van der Waals surface area (Å²) in [5.41, 5.74) is 4.19. The molecule has 112 valence electrons. The Kier molecular flexibility index (Phi) is 3.09. The molecule has 0 bridgehead atoms. The number of benzene rings is 1. The van der Waals surface area contributed by atoms with Crippen molar-refractivity contribution in [2.45, 2.75) is 0 Å². The first-order chi connectivity index (χ1) is 11.3. The zero-order valence-electron chi connectivity index (χ0n) is 11.9. The Morgan fingerprint density at radius 1 is 1.00 bits per heavy atom. The number of hydrogen-bond donors (Lipinski definition) is 3. The van der Waals surface area contributed by atoms with Crippen LogP contribution < -0.4 is 10.9 Å². The van der Waals surface area contributed by atoms with E-state index in [2.05, 4.69) is 30.2 Å². The molecule has 0 aliphatic rings. The Hall–Kier alpha value is -3.48. The van der Waals surface area contributed by atoms with Gasteiger partial charge in [-0.25, -0.2) is 15.0 Å². The van der Waals surface area contributed by atoms with Gasteiger partial charge in [0, 0.05) is 24.0 Å². The number of rotatable bonds is 3. The van der Waals surface area contributed by atoms with Crippen LogP contribution in [-0.4, -0.2) is 24.9 Å². The minimum atomic E-state index is -0.155. The van der Waals surface area contributed by atoms with Crippen molar-refractivity contribution < 1.29 is 0 Å². The fourth-order valence-corrected chi connectivity index (χ4v) is 2.29. The van der Waals surface area contributed by atoms with Gasteiger partial charge in [0.15, 0.2) is 0 Å². The third-order valence-electron chi connectivity index (χ3n) is 3.41. The molecule has 0 atom stereocenters. The number of anilines is 2. The second-order valence-corrected chi connectivity index (χ2v) is 4.97. The highest BCUT2D eigenvalue weighted by atomic mass is 16.1.